The fraction of sp³-hybridized carbons (Fsp3) is 0.222. The Hall–Kier alpha value is -2.78. The summed E-state index contributed by atoms with van der Waals surface area (Å²) in [6.45, 7) is 1.33. The molecule has 0 saturated heterocycles. The molecule has 0 N–H and O–H groups in total. The van der Waals surface area contributed by atoms with Crippen molar-refractivity contribution in [1.82, 2.24) is 9.99 Å². The van der Waals surface area contributed by atoms with Crippen LogP contribution in [0.3, 0.4) is 0 Å². The predicted octanol–water partition coefficient (Wildman–Crippen LogP) is 3.64. The number of thiophene rings is 1. The van der Waals surface area contributed by atoms with Gasteiger partial charge in [0.2, 0.25) is 0 Å². The summed E-state index contributed by atoms with van der Waals surface area (Å²) in [5, 5.41) is 7.79. The highest BCUT2D eigenvalue weighted by atomic mass is 32.1. The van der Waals surface area contributed by atoms with E-state index in [0.29, 0.717) is 22.8 Å². The number of carbonyl (C=O) groups is 2. The Morgan fingerprint density at radius 1 is 1.33 bits per heavy atom. The monoisotopic (exact) mass is 401 g/mol. The fourth-order valence-corrected chi connectivity index (χ4v) is 4.21. The second kappa shape index (κ2) is 7.45. The molecule has 1 atom stereocenters. The summed E-state index contributed by atoms with van der Waals surface area (Å²) in [7, 11) is 0. The van der Waals surface area contributed by atoms with E-state index in [9.17, 15) is 9.59 Å². The van der Waals surface area contributed by atoms with E-state index in [1.807, 2.05) is 23.6 Å². The first-order valence-corrected chi connectivity index (χ1v) is 9.93. The molecule has 1 aliphatic heterocycles. The van der Waals surface area contributed by atoms with E-state index in [4.69, 9.17) is 9.15 Å². The molecule has 0 bridgehead atoms. The third-order valence-corrected chi connectivity index (χ3v) is 5.93. The predicted molar refractivity (Wildman–Crippen MR) is 101 cm³/mol. The Balaban J connectivity index is 1.50. The lowest BCUT2D eigenvalue weighted by Gasteiger charge is -2.19. The van der Waals surface area contributed by atoms with Crippen molar-refractivity contribution in [3.63, 3.8) is 0 Å². The number of esters is 1. The van der Waals surface area contributed by atoms with E-state index >= 15 is 0 Å². The zero-order valence-corrected chi connectivity index (χ0v) is 16.0. The van der Waals surface area contributed by atoms with Crippen molar-refractivity contribution >= 4 is 40.3 Å². The third kappa shape index (κ3) is 3.56. The summed E-state index contributed by atoms with van der Waals surface area (Å²) in [6.07, 6.45) is 2.11. The van der Waals surface area contributed by atoms with Crippen LogP contribution in [0.25, 0.3) is 0 Å². The quantitative estimate of drug-likeness (QED) is 0.610. The van der Waals surface area contributed by atoms with Gasteiger partial charge < -0.3 is 9.15 Å². The number of hydrogen-bond donors (Lipinski definition) is 0. The maximum absolute atomic E-state index is 12.7. The van der Waals surface area contributed by atoms with Crippen molar-refractivity contribution in [2.24, 2.45) is 5.10 Å². The van der Waals surface area contributed by atoms with Crippen molar-refractivity contribution in [2.45, 2.75) is 19.4 Å². The van der Waals surface area contributed by atoms with E-state index < -0.39 is 18.5 Å². The number of carbonyl (C=O) groups excluding carboxylic acids is 2. The van der Waals surface area contributed by atoms with Crippen LogP contribution in [-0.4, -0.2) is 34.2 Å². The van der Waals surface area contributed by atoms with Crippen molar-refractivity contribution in [1.29, 1.82) is 0 Å². The molecular formula is C18H15N3O4S2. The van der Waals surface area contributed by atoms with Crippen LogP contribution in [0.15, 0.2) is 50.9 Å². The SMILES string of the molecule is Cc1ncsc1C(=O)OCC(=O)N1N=C(c2cccs2)CC1c1ccco1. The largest absolute Gasteiger partial charge is 0.467 e. The number of rotatable bonds is 5. The average Bonchev–Trinajstić information content (AvgIpc) is 3.45. The number of furan rings is 1. The van der Waals surface area contributed by atoms with Gasteiger partial charge in [-0.1, -0.05) is 6.07 Å². The molecular weight excluding hydrogens is 386 g/mol. The van der Waals surface area contributed by atoms with Gasteiger partial charge in [0.15, 0.2) is 6.61 Å². The van der Waals surface area contributed by atoms with Gasteiger partial charge in [-0.05, 0) is 30.5 Å². The molecule has 1 amide bonds. The molecule has 4 heterocycles. The average molecular weight is 401 g/mol. The van der Waals surface area contributed by atoms with Crippen LogP contribution in [0.4, 0.5) is 0 Å². The van der Waals surface area contributed by atoms with E-state index in [1.165, 1.54) is 16.3 Å². The van der Waals surface area contributed by atoms with E-state index in [0.717, 1.165) is 10.6 Å². The lowest BCUT2D eigenvalue weighted by atomic mass is 10.1. The zero-order chi connectivity index (χ0) is 18.8. The van der Waals surface area contributed by atoms with E-state index in [-0.39, 0.29) is 6.04 Å². The minimum absolute atomic E-state index is 0.353. The lowest BCUT2D eigenvalue weighted by Crippen LogP contribution is -2.31. The Bertz CT molecular complexity index is 976. The van der Waals surface area contributed by atoms with Gasteiger partial charge in [-0.15, -0.1) is 22.7 Å². The minimum atomic E-state index is -0.556. The highest BCUT2D eigenvalue weighted by Crippen LogP contribution is 2.34. The molecule has 0 aromatic carbocycles. The number of aryl methyl sites for hydroxylation is 1. The molecule has 27 heavy (non-hydrogen) atoms. The Kier molecular flexibility index (Phi) is 4.87. The molecule has 0 radical (unpaired) electrons. The first-order valence-electron chi connectivity index (χ1n) is 8.17. The molecule has 1 unspecified atom stereocenters. The van der Waals surface area contributed by atoms with E-state index in [2.05, 4.69) is 10.1 Å². The highest BCUT2D eigenvalue weighted by molar-refractivity contribution is 7.12. The normalized spacial score (nSPS) is 16.4. The number of hydrogen-bond acceptors (Lipinski definition) is 8. The summed E-state index contributed by atoms with van der Waals surface area (Å²) in [5.41, 5.74) is 2.97. The molecule has 7 nitrogen and oxygen atoms in total. The second-order valence-corrected chi connectivity index (χ2v) is 7.64. The van der Waals surface area contributed by atoms with Gasteiger partial charge in [0.25, 0.3) is 5.91 Å². The summed E-state index contributed by atoms with van der Waals surface area (Å²) in [5.74, 6) is -0.318. The molecule has 4 rings (SSSR count). The lowest BCUT2D eigenvalue weighted by molar-refractivity contribution is -0.136. The van der Waals surface area contributed by atoms with Gasteiger partial charge in [0, 0.05) is 6.42 Å². The third-order valence-electron chi connectivity index (χ3n) is 4.10. The van der Waals surface area contributed by atoms with Crippen LogP contribution in [0, 0.1) is 6.92 Å². The molecule has 9 heteroatoms. The molecule has 3 aromatic heterocycles. The molecule has 3 aromatic rings. The summed E-state index contributed by atoms with van der Waals surface area (Å²) >= 11 is 2.75. The van der Waals surface area contributed by atoms with Gasteiger partial charge >= 0.3 is 5.97 Å². The highest BCUT2D eigenvalue weighted by Gasteiger charge is 2.35. The van der Waals surface area contributed by atoms with Crippen LogP contribution in [-0.2, 0) is 9.53 Å². The Morgan fingerprint density at radius 2 is 2.22 bits per heavy atom. The summed E-state index contributed by atoms with van der Waals surface area (Å²) < 4.78 is 10.7. The van der Waals surface area contributed by atoms with Crippen molar-refractivity contribution < 1.29 is 18.7 Å². The van der Waals surface area contributed by atoms with Crippen LogP contribution in [0.2, 0.25) is 0 Å². The first kappa shape index (κ1) is 17.6. The topological polar surface area (TPSA) is 85.0 Å². The van der Waals surface area contributed by atoms with Gasteiger partial charge in [0.1, 0.15) is 16.7 Å². The minimum Gasteiger partial charge on any atom is -0.467 e. The van der Waals surface area contributed by atoms with Crippen LogP contribution in [0.5, 0.6) is 0 Å². The zero-order valence-electron chi connectivity index (χ0n) is 14.3. The molecule has 0 aliphatic carbocycles. The molecule has 138 valence electrons. The van der Waals surface area contributed by atoms with Crippen LogP contribution in [0.1, 0.15) is 38.5 Å². The first-order chi connectivity index (χ1) is 13.1. The Labute approximate surface area is 162 Å². The second-order valence-electron chi connectivity index (χ2n) is 5.84. The number of aromatic nitrogens is 1. The fourth-order valence-electron chi connectivity index (χ4n) is 2.79. The smallest absolute Gasteiger partial charge is 0.350 e. The number of nitrogens with zero attached hydrogens (tertiary/aromatic N) is 3. The molecule has 0 fully saturated rings. The van der Waals surface area contributed by atoms with Crippen molar-refractivity contribution in [2.75, 3.05) is 6.61 Å². The van der Waals surface area contributed by atoms with E-state index in [1.54, 1.807) is 36.1 Å². The number of thiazole rings is 1. The number of ether oxygens (including phenoxy) is 1. The summed E-state index contributed by atoms with van der Waals surface area (Å²) in [4.78, 5) is 30.3. The Morgan fingerprint density at radius 3 is 2.89 bits per heavy atom. The summed E-state index contributed by atoms with van der Waals surface area (Å²) in [6, 6.07) is 7.13. The molecule has 1 aliphatic rings. The molecule has 0 saturated carbocycles. The maximum Gasteiger partial charge on any atom is 0.350 e. The van der Waals surface area contributed by atoms with Crippen molar-refractivity contribution in [3.05, 3.63) is 62.6 Å². The maximum atomic E-state index is 12.7. The number of amides is 1. The van der Waals surface area contributed by atoms with Gasteiger partial charge in [0.05, 0.1) is 28.1 Å². The standard InChI is InChI=1S/C18H15N3O4S2/c1-11-17(27-10-19-11)18(23)25-9-16(22)21-13(14-4-2-6-24-14)8-12(20-21)15-5-3-7-26-15/h2-7,10,13H,8-9H2,1H3. The van der Waals surface area contributed by atoms with Crippen LogP contribution < -0.4 is 0 Å². The number of hydrazone groups is 1. The van der Waals surface area contributed by atoms with Crippen molar-refractivity contribution in [3.8, 4) is 0 Å². The van der Waals surface area contributed by atoms with Gasteiger partial charge in [-0.2, -0.15) is 5.10 Å². The molecule has 0 spiro atoms. The van der Waals surface area contributed by atoms with Gasteiger partial charge in [-0.3, -0.25) is 4.79 Å². The van der Waals surface area contributed by atoms with Crippen LogP contribution >= 0.6 is 22.7 Å². The van der Waals surface area contributed by atoms with Gasteiger partial charge in [-0.25, -0.2) is 14.8 Å².